The van der Waals surface area contributed by atoms with Crippen LogP contribution in [0.15, 0.2) is 0 Å². The number of carbonyl (C=O) groups is 1. The maximum Gasteiger partial charge on any atom is 0.222 e. The number of amides is 1. The summed E-state index contributed by atoms with van der Waals surface area (Å²) in [6.07, 6.45) is 6.29. The summed E-state index contributed by atoms with van der Waals surface area (Å²) in [6.45, 7) is 7.70. The van der Waals surface area contributed by atoms with E-state index in [9.17, 15) is 9.90 Å². The van der Waals surface area contributed by atoms with Crippen molar-refractivity contribution in [2.24, 2.45) is 5.92 Å². The lowest BCUT2D eigenvalue weighted by Crippen LogP contribution is -2.46. The van der Waals surface area contributed by atoms with Crippen LogP contribution >= 0.6 is 0 Å². The van der Waals surface area contributed by atoms with Crippen LogP contribution in [0.4, 0.5) is 0 Å². The second-order valence-corrected chi connectivity index (χ2v) is 6.75. The minimum atomic E-state index is -0.406. The Kier molecular flexibility index (Phi) is 5.85. The first-order valence-corrected chi connectivity index (χ1v) is 8.28. The average molecular weight is 282 g/mol. The Hall–Kier alpha value is -0.610. The molecule has 2 fully saturated rings. The summed E-state index contributed by atoms with van der Waals surface area (Å²) in [5.41, 5.74) is 0. The summed E-state index contributed by atoms with van der Waals surface area (Å²) in [4.78, 5) is 15.9. The Morgan fingerprint density at radius 3 is 2.60 bits per heavy atom. The number of likely N-dealkylation sites (tertiary alicyclic amines) is 2. The van der Waals surface area contributed by atoms with Crippen molar-refractivity contribution in [3.63, 3.8) is 0 Å². The smallest absolute Gasteiger partial charge is 0.222 e. The highest BCUT2D eigenvalue weighted by molar-refractivity contribution is 5.78. The highest BCUT2D eigenvalue weighted by Gasteiger charge is 2.28. The second-order valence-electron chi connectivity index (χ2n) is 6.75. The first-order chi connectivity index (χ1) is 9.58. The van der Waals surface area contributed by atoms with Gasteiger partial charge in [-0.2, -0.15) is 0 Å². The molecule has 0 saturated carbocycles. The van der Waals surface area contributed by atoms with Crippen molar-refractivity contribution in [2.45, 2.75) is 64.5 Å². The third-order valence-electron chi connectivity index (χ3n) is 4.73. The molecule has 2 saturated heterocycles. The molecule has 0 spiro atoms. The van der Waals surface area contributed by atoms with Crippen LogP contribution in [0.5, 0.6) is 0 Å². The molecule has 4 heteroatoms. The lowest BCUT2D eigenvalue weighted by Gasteiger charge is -2.35. The Labute approximate surface area is 123 Å². The summed E-state index contributed by atoms with van der Waals surface area (Å²) in [7, 11) is 0. The van der Waals surface area contributed by atoms with Crippen LogP contribution in [0.25, 0.3) is 0 Å². The zero-order chi connectivity index (χ0) is 14.5. The molecule has 2 rings (SSSR count). The number of aliphatic hydroxyl groups excluding tert-OH is 1. The molecular formula is C16H30N2O2. The molecule has 2 aliphatic rings. The maximum atomic E-state index is 11.6. The van der Waals surface area contributed by atoms with Crippen molar-refractivity contribution in [3.05, 3.63) is 0 Å². The summed E-state index contributed by atoms with van der Waals surface area (Å²) in [5, 5.41) is 10.3. The molecule has 2 aliphatic heterocycles. The van der Waals surface area contributed by atoms with Gasteiger partial charge in [-0.25, -0.2) is 0 Å². The minimum absolute atomic E-state index is 0.209. The number of rotatable bonds is 5. The average Bonchev–Trinajstić information content (AvgIpc) is 2.65. The van der Waals surface area contributed by atoms with Crippen LogP contribution in [0.1, 0.15) is 52.4 Å². The fraction of sp³-hybridized carbons (Fsp3) is 0.938. The predicted molar refractivity (Wildman–Crippen MR) is 80.5 cm³/mol. The molecule has 0 bridgehead atoms. The van der Waals surface area contributed by atoms with Gasteiger partial charge in [0.25, 0.3) is 0 Å². The van der Waals surface area contributed by atoms with Gasteiger partial charge in [-0.1, -0.05) is 26.7 Å². The zero-order valence-corrected chi connectivity index (χ0v) is 13.1. The van der Waals surface area contributed by atoms with E-state index in [1.165, 1.54) is 25.7 Å². The number of hydrogen-bond acceptors (Lipinski definition) is 3. The van der Waals surface area contributed by atoms with Crippen LogP contribution in [0.2, 0.25) is 0 Å². The van der Waals surface area contributed by atoms with Crippen LogP contribution in [0.3, 0.4) is 0 Å². The van der Waals surface area contributed by atoms with Gasteiger partial charge in [0.1, 0.15) is 0 Å². The quantitative estimate of drug-likeness (QED) is 0.837. The molecule has 0 aromatic heterocycles. The number of nitrogens with zero attached hydrogens (tertiary/aromatic N) is 2. The van der Waals surface area contributed by atoms with Gasteiger partial charge in [0.2, 0.25) is 5.91 Å². The highest BCUT2D eigenvalue weighted by Crippen LogP contribution is 2.23. The van der Waals surface area contributed by atoms with Gasteiger partial charge in [-0.15, -0.1) is 0 Å². The molecule has 20 heavy (non-hydrogen) atoms. The molecule has 116 valence electrons. The van der Waals surface area contributed by atoms with Crippen molar-refractivity contribution in [3.8, 4) is 0 Å². The molecule has 2 unspecified atom stereocenters. The first kappa shape index (κ1) is 15.8. The van der Waals surface area contributed by atoms with Gasteiger partial charge in [0.05, 0.1) is 6.10 Å². The van der Waals surface area contributed by atoms with E-state index >= 15 is 0 Å². The lowest BCUT2D eigenvalue weighted by molar-refractivity contribution is -0.129. The molecule has 0 aromatic rings. The van der Waals surface area contributed by atoms with Crippen molar-refractivity contribution in [1.29, 1.82) is 0 Å². The molecule has 1 N–H and O–H groups in total. The van der Waals surface area contributed by atoms with E-state index < -0.39 is 6.10 Å². The van der Waals surface area contributed by atoms with E-state index in [0.717, 1.165) is 19.5 Å². The van der Waals surface area contributed by atoms with Crippen LogP contribution in [-0.2, 0) is 4.79 Å². The molecular weight excluding hydrogens is 252 g/mol. The summed E-state index contributed by atoms with van der Waals surface area (Å²) >= 11 is 0. The number of aliphatic hydroxyl groups is 1. The fourth-order valence-electron chi connectivity index (χ4n) is 3.66. The van der Waals surface area contributed by atoms with E-state index in [4.69, 9.17) is 0 Å². The second kappa shape index (κ2) is 7.41. The van der Waals surface area contributed by atoms with E-state index in [1.54, 1.807) is 0 Å². The topological polar surface area (TPSA) is 43.8 Å². The van der Waals surface area contributed by atoms with Crippen molar-refractivity contribution >= 4 is 5.91 Å². The first-order valence-electron chi connectivity index (χ1n) is 8.28. The lowest BCUT2D eigenvalue weighted by atomic mass is 9.98. The van der Waals surface area contributed by atoms with Gasteiger partial charge in [-0.05, 0) is 31.7 Å². The molecule has 2 atom stereocenters. The van der Waals surface area contributed by atoms with Gasteiger partial charge >= 0.3 is 0 Å². The number of β-amino-alcohol motifs (C(OH)–C–C–N with tert-alkyl or cyclic N) is 1. The SMILES string of the molecule is CC(C)C1CCCCCN1CC(O)CN1CCCC1=O. The van der Waals surface area contributed by atoms with Crippen molar-refractivity contribution < 1.29 is 9.90 Å². The Bertz CT molecular complexity index is 320. The summed E-state index contributed by atoms with van der Waals surface area (Å²) < 4.78 is 0. The van der Waals surface area contributed by atoms with E-state index in [1.807, 2.05) is 4.90 Å². The third kappa shape index (κ3) is 4.19. The normalized spacial score (nSPS) is 27.1. The zero-order valence-electron chi connectivity index (χ0n) is 13.1. The molecule has 0 radical (unpaired) electrons. The monoisotopic (exact) mass is 282 g/mol. The maximum absolute atomic E-state index is 11.6. The molecule has 0 aromatic carbocycles. The highest BCUT2D eigenvalue weighted by atomic mass is 16.3. The standard InChI is InChI=1S/C16H30N2O2/c1-13(2)15-7-4-3-5-9-17(15)11-14(19)12-18-10-6-8-16(18)20/h13-15,19H,3-12H2,1-2H3. The van der Waals surface area contributed by atoms with E-state index in [2.05, 4.69) is 18.7 Å². The van der Waals surface area contributed by atoms with Crippen LogP contribution < -0.4 is 0 Å². The van der Waals surface area contributed by atoms with E-state index in [0.29, 0.717) is 31.5 Å². The minimum Gasteiger partial charge on any atom is -0.390 e. The predicted octanol–water partition coefficient (Wildman–Crippen LogP) is 1.87. The Balaban J connectivity index is 1.86. The van der Waals surface area contributed by atoms with E-state index in [-0.39, 0.29) is 5.91 Å². The van der Waals surface area contributed by atoms with Crippen LogP contribution in [-0.4, -0.2) is 59.1 Å². The summed E-state index contributed by atoms with van der Waals surface area (Å²) in [5.74, 6) is 0.842. The molecule has 1 amide bonds. The van der Waals surface area contributed by atoms with Gasteiger partial charge in [0.15, 0.2) is 0 Å². The molecule has 0 aliphatic carbocycles. The van der Waals surface area contributed by atoms with Crippen molar-refractivity contribution in [1.82, 2.24) is 9.80 Å². The van der Waals surface area contributed by atoms with Gasteiger partial charge < -0.3 is 10.0 Å². The van der Waals surface area contributed by atoms with Crippen LogP contribution in [0, 0.1) is 5.92 Å². The van der Waals surface area contributed by atoms with Gasteiger partial charge in [-0.3, -0.25) is 9.69 Å². The molecule has 4 nitrogen and oxygen atoms in total. The fourth-order valence-corrected chi connectivity index (χ4v) is 3.66. The Morgan fingerprint density at radius 2 is 1.95 bits per heavy atom. The number of hydrogen-bond donors (Lipinski definition) is 1. The Morgan fingerprint density at radius 1 is 1.15 bits per heavy atom. The van der Waals surface area contributed by atoms with Crippen molar-refractivity contribution in [2.75, 3.05) is 26.2 Å². The summed E-state index contributed by atoms with van der Waals surface area (Å²) in [6, 6.07) is 0.585. The largest absolute Gasteiger partial charge is 0.390 e. The number of carbonyl (C=O) groups excluding carboxylic acids is 1. The van der Waals surface area contributed by atoms with Gasteiger partial charge in [0, 0.05) is 32.1 Å². The molecule has 2 heterocycles. The third-order valence-corrected chi connectivity index (χ3v) is 4.73.